The average molecular weight is 275 g/mol. The average Bonchev–Trinajstić information content (AvgIpc) is 2.49. The largest absolute Gasteiger partial charge is 0.493 e. The van der Waals surface area contributed by atoms with Crippen LogP contribution in [0, 0.1) is 19.8 Å². The van der Waals surface area contributed by atoms with Gasteiger partial charge in [0.15, 0.2) is 5.78 Å². The van der Waals surface area contributed by atoms with Gasteiger partial charge in [0.1, 0.15) is 5.75 Å². The van der Waals surface area contributed by atoms with Crippen LogP contribution in [0.1, 0.15) is 47.7 Å². The van der Waals surface area contributed by atoms with E-state index < -0.39 is 0 Å². The van der Waals surface area contributed by atoms with Gasteiger partial charge in [-0.1, -0.05) is 6.92 Å². The fraction of sp³-hybridized carbons (Fsp3) is 0.588. The number of rotatable bonds is 5. The molecule has 20 heavy (non-hydrogen) atoms. The molecule has 3 heteroatoms. The standard InChI is InChI=1S/C17H25NO2/c1-4-10-20-16-8-7-15(12(2)13(16)3)17(19)14-6-5-9-18-11-14/h7-8,14,18H,4-6,9-11H2,1-3H3. The Kier molecular flexibility index (Phi) is 5.18. The van der Waals surface area contributed by atoms with Gasteiger partial charge in [0, 0.05) is 18.0 Å². The van der Waals surface area contributed by atoms with Gasteiger partial charge in [-0.2, -0.15) is 0 Å². The molecule has 0 saturated carbocycles. The quantitative estimate of drug-likeness (QED) is 0.838. The maximum absolute atomic E-state index is 12.6. The molecule has 0 aromatic heterocycles. The normalized spacial score (nSPS) is 18.9. The molecule has 3 nitrogen and oxygen atoms in total. The molecule has 1 aromatic rings. The summed E-state index contributed by atoms with van der Waals surface area (Å²) in [4.78, 5) is 12.6. The Labute approximate surface area is 121 Å². The number of carbonyl (C=O) groups is 1. The molecule has 2 rings (SSSR count). The van der Waals surface area contributed by atoms with Crippen molar-refractivity contribution in [3.05, 3.63) is 28.8 Å². The molecule has 1 fully saturated rings. The number of benzene rings is 1. The fourth-order valence-corrected chi connectivity index (χ4v) is 2.73. The molecule has 0 spiro atoms. The number of piperidine rings is 1. The van der Waals surface area contributed by atoms with Crippen LogP contribution in [0.2, 0.25) is 0 Å². The minimum absolute atomic E-state index is 0.129. The van der Waals surface area contributed by atoms with E-state index in [9.17, 15) is 4.79 Å². The Morgan fingerprint density at radius 3 is 2.80 bits per heavy atom. The van der Waals surface area contributed by atoms with Gasteiger partial charge < -0.3 is 10.1 Å². The van der Waals surface area contributed by atoms with E-state index in [2.05, 4.69) is 12.2 Å². The molecule has 110 valence electrons. The van der Waals surface area contributed by atoms with E-state index in [-0.39, 0.29) is 11.7 Å². The van der Waals surface area contributed by atoms with Crippen molar-refractivity contribution < 1.29 is 9.53 Å². The van der Waals surface area contributed by atoms with Crippen molar-refractivity contribution in [1.29, 1.82) is 0 Å². The Bertz CT molecular complexity index is 476. The zero-order valence-corrected chi connectivity index (χ0v) is 12.8. The summed E-state index contributed by atoms with van der Waals surface area (Å²) >= 11 is 0. The van der Waals surface area contributed by atoms with Gasteiger partial charge in [-0.25, -0.2) is 0 Å². The number of carbonyl (C=O) groups excluding carboxylic acids is 1. The summed E-state index contributed by atoms with van der Waals surface area (Å²) in [7, 11) is 0. The summed E-state index contributed by atoms with van der Waals surface area (Å²) < 4.78 is 5.72. The number of Topliss-reactive ketones (excluding diaryl/α,β-unsaturated/α-hetero) is 1. The van der Waals surface area contributed by atoms with Gasteiger partial charge in [0.2, 0.25) is 0 Å². The third kappa shape index (κ3) is 3.21. The van der Waals surface area contributed by atoms with Crippen LogP contribution in [0.15, 0.2) is 12.1 Å². The summed E-state index contributed by atoms with van der Waals surface area (Å²) in [5, 5.41) is 3.31. The fourth-order valence-electron chi connectivity index (χ4n) is 2.73. The van der Waals surface area contributed by atoms with E-state index in [1.807, 2.05) is 26.0 Å². The molecule has 1 aliphatic rings. The van der Waals surface area contributed by atoms with Crippen LogP contribution in [-0.4, -0.2) is 25.5 Å². The zero-order chi connectivity index (χ0) is 14.5. The molecule has 1 aromatic carbocycles. The first kappa shape index (κ1) is 15.0. The van der Waals surface area contributed by atoms with Gasteiger partial charge >= 0.3 is 0 Å². The van der Waals surface area contributed by atoms with Gasteiger partial charge in [0.05, 0.1) is 6.61 Å². The lowest BCUT2D eigenvalue weighted by Crippen LogP contribution is -2.34. The molecule has 1 aliphatic heterocycles. The first-order valence-corrected chi connectivity index (χ1v) is 7.63. The highest BCUT2D eigenvalue weighted by Gasteiger charge is 2.24. The topological polar surface area (TPSA) is 38.3 Å². The van der Waals surface area contributed by atoms with Crippen LogP contribution in [0.5, 0.6) is 5.75 Å². The summed E-state index contributed by atoms with van der Waals surface area (Å²) in [6, 6.07) is 3.88. The molecule has 0 radical (unpaired) electrons. The Morgan fingerprint density at radius 2 is 2.15 bits per heavy atom. The molecular formula is C17H25NO2. The number of hydrogen-bond donors (Lipinski definition) is 1. The summed E-state index contributed by atoms with van der Waals surface area (Å²) in [6.07, 6.45) is 3.08. The van der Waals surface area contributed by atoms with Crippen molar-refractivity contribution in [1.82, 2.24) is 5.32 Å². The molecule has 1 atom stereocenters. The minimum atomic E-state index is 0.129. The second kappa shape index (κ2) is 6.89. The van der Waals surface area contributed by atoms with E-state index >= 15 is 0 Å². The minimum Gasteiger partial charge on any atom is -0.493 e. The number of ketones is 1. The Balaban J connectivity index is 2.19. The van der Waals surface area contributed by atoms with Crippen molar-refractivity contribution >= 4 is 5.78 Å². The Hall–Kier alpha value is -1.35. The molecular weight excluding hydrogens is 250 g/mol. The third-order valence-electron chi connectivity index (χ3n) is 4.13. The van der Waals surface area contributed by atoms with E-state index in [4.69, 9.17) is 4.74 Å². The molecule has 0 aliphatic carbocycles. The molecule has 1 unspecified atom stereocenters. The maximum atomic E-state index is 12.6. The van der Waals surface area contributed by atoms with Crippen molar-refractivity contribution in [2.75, 3.05) is 19.7 Å². The van der Waals surface area contributed by atoms with Crippen LogP contribution >= 0.6 is 0 Å². The van der Waals surface area contributed by atoms with Crippen LogP contribution in [0.25, 0.3) is 0 Å². The van der Waals surface area contributed by atoms with Crippen LogP contribution in [-0.2, 0) is 0 Å². The highest BCUT2D eigenvalue weighted by atomic mass is 16.5. The third-order valence-corrected chi connectivity index (χ3v) is 4.13. The van der Waals surface area contributed by atoms with Crippen LogP contribution < -0.4 is 10.1 Å². The second-order valence-electron chi connectivity index (χ2n) is 5.62. The van der Waals surface area contributed by atoms with Gasteiger partial charge in [-0.15, -0.1) is 0 Å². The molecule has 1 heterocycles. The Morgan fingerprint density at radius 1 is 1.35 bits per heavy atom. The monoisotopic (exact) mass is 275 g/mol. The first-order valence-electron chi connectivity index (χ1n) is 7.63. The predicted octanol–water partition coefficient (Wildman–Crippen LogP) is 3.27. The smallest absolute Gasteiger partial charge is 0.167 e. The number of nitrogens with one attached hydrogen (secondary N) is 1. The summed E-state index contributed by atoms with van der Waals surface area (Å²) in [5.74, 6) is 1.31. The van der Waals surface area contributed by atoms with Gasteiger partial charge in [0.25, 0.3) is 0 Å². The van der Waals surface area contributed by atoms with Crippen molar-refractivity contribution in [3.63, 3.8) is 0 Å². The highest BCUT2D eigenvalue weighted by Crippen LogP contribution is 2.27. The number of hydrogen-bond acceptors (Lipinski definition) is 3. The lowest BCUT2D eigenvalue weighted by atomic mass is 9.88. The van der Waals surface area contributed by atoms with Crippen LogP contribution in [0.3, 0.4) is 0 Å². The number of ether oxygens (including phenoxy) is 1. The maximum Gasteiger partial charge on any atom is 0.167 e. The van der Waals surface area contributed by atoms with E-state index in [0.717, 1.165) is 61.4 Å². The van der Waals surface area contributed by atoms with Gasteiger partial charge in [-0.3, -0.25) is 4.79 Å². The summed E-state index contributed by atoms with van der Waals surface area (Å²) in [6.45, 7) is 8.72. The second-order valence-corrected chi connectivity index (χ2v) is 5.62. The van der Waals surface area contributed by atoms with Crippen molar-refractivity contribution in [3.8, 4) is 5.75 Å². The predicted molar refractivity (Wildman–Crippen MR) is 81.6 cm³/mol. The van der Waals surface area contributed by atoms with Crippen LogP contribution in [0.4, 0.5) is 0 Å². The van der Waals surface area contributed by atoms with E-state index in [1.165, 1.54) is 0 Å². The highest BCUT2D eigenvalue weighted by molar-refractivity contribution is 5.99. The molecule has 1 N–H and O–H groups in total. The molecule has 0 bridgehead atoms. The van der Waals surface area contributed by atoms with Gasteiger partial charge in [-0.05, 0) is 62.9 Å². The van der Waals surface area contributed by atoms with Crippen molar-refractivity contribution in [2.45, 2.75) is 40.0 Å². The lowest BCUT2D eigenvalue weighted by molar-refractivity contribution is 0.0899. The molecule has 0 amide bonds. The summed E-state index contributed by atoms with van der Waals surface area (Å²) in [5.41, 5.74) is 3.02. The lowest BCUT2D eigenvalue weighted by Gasteiger charge is -2.23. The van der Waals surface area contributed by atoms with E-state index in [1.54, 1.807) is 0 Å². The van der Waals surface area contributed by atoms with E-state index in [0.29, 0.717) is 0 Å². The molecule has 1 saturated heterocycles. The SMILES string of the molecule is CCCOc1ccc(C(=O)C2CCCNC2)c(C)c1C. The first-order chi connectivity index (χ1) is 9.65. The van der Waals surface area contributed by atoms with Crippen molar-refractivity contribution in [2.24, 2.45) is 5.92 Å². The zero-order valence-electron chi connectivity index (χ0n) is 12.8.